The summed E-state index contributed by atoms with van der Waals surface area (Å²) < 4.78 is 17.3. The molecule has 0 aromatic heterocycles. The number of rotatable bonds is 7. The van der Waals surface area contributed by atoms with E-state index in [0.29, 0.717) is 22.1 Å². The fraction of sp³-hybridized carbons (Fsp3) is 0.538. The molecular weight excluding hydrogens is 248 g/mol. The van der Waals surface area contributed by atoms with Gasteiger partial charge in [0.1, 0.15) is 5.75 Å². The molecule has 0 aliphatic heterocycles. The minimum atomic E-state index is -1.08. The third-order valence-corrected chi connectivity index (χ3v) is 4.35. The largest absolute Gasteiger partial charge is 0.497 e. The topological polar surface area (TPSA) is 55.6 Å². The highest BCUT2D eigenvalue weighted by molar-refractivity contribution is 7.85. The molecule has 0 amide bonds. The van der Waals surface area contributed by atoms with E-state index in [2.05, 4.69) is 18.7 Å². The highest BCUT2D eigenvalue weighted by Gasteiger charge is 2.11. The van der Waals surface area contributed by atoms with E-state index < -0.39 is 10.8 Å². The summed E-state index contributed by atoms with van der Waals surface area (Å²) in [6, 6.07) is 5.28. The van der Waals surface area contributed by atoms with Gasteiger partial charge in [0.05, 0.1) is 22.8 Å². The maximum atomic E-state index is 12.2. The Morgan fingerprint density at radius 1 is 1.33 bits per heavy atom. The monoisotopic (exact) mass is 270 g/mol. The molecular formula is C13H22N2O2S. The van der Waals surface area contributed by atoms with Crippen molar-refractivity contribution in [3.05, 3.63) is 18.2 Å². The third-order valence-electron chi connectivity index (χ3n) is 2.95. The molecule has 1 atom stereocenters. The van der Waals surface area contributed by atoms with Gasteiger partial charge >= 0.3 is 0 Å². The van der Waals surface area contributed by atoms with Crippen molar-refractivity contribution in [2.24, 2.45) is 0 Å². The van der Waals surface area contributed by atoms with E-state index in [1.54, 1.807) is 25.3 Å². The molecule has 0 aliphatic carbocycles. The van der Waals surface area contributed by atoms with E-state index in [-0.39, 0.29) is 0 Å². The number of benzene rings is 1. The van der Waals surface area contributed by atoms with Crippen LogP contribution in [0.2, 0.25) is 0 Å². The summed E-state index contributed by atoms with van der Waals surface area (Å²) in [7, 11) is 0.514. The standard InChI is InChI=1S/C13H22N2O2S/c1-4-15(5-2)8-9-18(16)13-10-11(17-3)6-7-12(13)14/h6-7,10H,4-5,8-9,14H2,1-3H3. The van der Waals surface area contributed by atoms with Crippen molar-refractivity contribution >= 4 is 16.5 Å². The van der Waals surface area contributed by atoms with Crippen LogP contribution in [0.25, 0.3) is 0 Å². The van der Waals surface area contributed by atoms with Crippen molar-refractivity contribution in [2.75, 3.05) is 38.2 Å². The predicted octanol–water partition coefficient (Wildman–Crippen LogP) is 1.73. The molecule has 0 saturated carbocycles. The number of nitrogens with zero attached hydrogens (tertiary/aromatic N) is 1. The van der Waals surface area contributed by atoms with Crippen molar-refractivity contribution in [3.63, 3.8) is 0 Å². The van der Waals surface area contributed by atoms with Crippen LogP contribution in [-0.4, -0.2) is 41.6 Å². The zero-order valence-electron chi connectivity index (χ0n) is 11.3. The van der Waals surface area contributed by atoms with Gasteiger partial charge in [-0.1, -0.05) is 13.8 Å². The van der Waals surface area contributed by atoms with E-state index >= 15 is 0 Å². The van der Waals surface area contributed by atoms with Crippen LogP contribution in [0.1, 0.15) is 13.8 Å². The molecule has 0 heterocycles. The minimum absolute atomic E-state index is 0.564. The Bertz CT molecular complexity index is 406. The molecule has 0 fully saturated rings. The molecule has 18 heavy (non-hydrogen) atoms. The molecule has 0 radical (unpaired) electrons. The lowest BCUT2D eigenvalue weighted by atomic mass is 10.3. The lowest BCUT2D eigenvalue weighted by molar-refractivity contribution is 0.323. The normalized spacial score (nSPS) is 12.7. The maximum absolute atomic E-state index is 12.2. The number of methoxy groups -OCH3 is 1. The first kappa shape index (κ1) is 15.0. The number of nitrogens with two attached hydrogens (primary N) is 1. The van der Waals surface area contributed by atoms with Gasteiger partial charge in [-0.25, -0.2) is 0 Å². The summed E-state index contributed by atoms with van der Waals surface area (Å²) in [5.74, 6) is 1.29. The molecule has 4 nitrogen and oxygen atoms in total. The van der Waals surface area contributed by atoms with E-state index in [9.17, 15) is 4.21 Å². The SMILES string of the molecule is CCN(CC)CCS(=O)c1cc(OC)ccc1N. The number of nitrogen functional groups attached to an aromatic ring is 1. The zero-order valence-corrected chi connectivity index (χ0v) is 12.1. The third kappa shape index (κ3) is 3.99. The van der Waals surface area contributed by atoms with Gasteiger partial charge in [-0.05, 0) is 31.3 Å². The minimum Gasteiger partial charge on any atom is -0.497 e. The van der Waals surface area contributed by atoms with E-state index in [0.717, 1.165) is 19.6 Å². The highest BCUT2D eigenvalue weighted by Crippen LogP contribution is 2.22. The second-order valence-corrected chi connectivity index (χ2v) is 5.52. The Hall–Kier alpha value is -1.07. The summed E-state index contributed by atoms with van der Waals surface area (Å²) >= 11 is 0. The van der Waals surface area contributed by atoms with Crippen LogP contribution in [0.15, 0.2) is 23.1 Å². The molecule has 0 bridgehead atoms. The predicted molar refractivity (Wildman–Crippen MR) is 76.5 cm³/mol. The van der Waals surface area contributed by atoms with Crippen molar-refractivity contribution in [1.29, 1.82) is 0 Å². The van der Waals surface area contributed by atoms with Gasteiger partial charge in [-0.15, -0.1) is 0 Å². The van der Waals surface area contributed by atoms with Crippen molar-refractivity contribution in [1.82, 2.24) is 4.90 Å². The fourth-order valence-corrected chi connectivity index (χ4v) is 2.92. The molecule has 1 rings (SSSR count). The lowest BCUT2D eigenvalue weighted by Crippen LogP contribution is -2.27. The van der Waals surface area contributed by atoms with Gasteiger partial charge in [-0.2, -0.15) is 0 Å². The number of anilines is 1. The lowest BCUT2D eigenvalue weighted by Gasteiger charge is -2.17. The first-order valence-electron chi connectivity index (χ1n) is 6.16. The number of hydrogen-bond donors (Lipinski definition) is 1. The average Bonchev–Trinajstić information content (AvgIpc) is 2.40. The van der Waals surface area contributed by atoms with Gasteiger partial charge < -0.3 is 15.4 Å². The van der Waals surface area contributed by atoms with Crippen LogP contribution < -0.4 is 10.5 Å². The fourth-order valence-electron chi connectivity index (χ4n) is 1.70. The van der Waals surface area contributed by atoms with Crippen molar-refractivity contribution in [2.45, 2.75) is 18.7 Å². The maximum Gasteiger partial charge on any atom is 0.120 e. The van der Waals surface area contributed by atoms with Crippen LogP contribution in [0, 0.1) is 0 Å². The summed E-state index contributed by atoms with van der Waals surface area (Å²) in [6.07, 6.45) is 0. The van der Waals surface area contributed by atoms with Gasteiger partial charge in [0.25, 0.3) is 0 Å². The van der Waals surface area contributed by atoms with Crippen molar-refractivity contribution < 1.29 is 8.95 Å². The van der Waals surface area contributed by atoms with Crippen LogP contribution in [0.5, 0.6) is 5.75 Å². The number of hydrogen-bond acceptors (Lipinski definition) is 4. The van der Waals surface area contributed by atoms with Gasteiger partial charge in [-0.3, -0.25) is 4.21 Å². The smallest absolute Gasteiger partial charge is 0.120 e. The molecule has 5 heteroatoms. The first-order chi connectivity index (χ1) is 8.62. The number of ether oxygens (including phenoxy) is 1. The highest BCUT2D eigenvalue weighted by atomic mass is 32.2. The summed E-state index contributed by atoms with van der Waals surface area (Å²) in [5, 5.41) is 0. The molecule has 0 spiro atoms. The van der Waals surface area contributed by atoms with Crippen LogP contribution in [-0.2, 0) is 10.8 Å². The van der Waals surface area contributed by atoms with Crippen molar-refractivity contribution in [3.8, 4) is 5.75 Å². The van der Waals surface area contributed by atoms with Crippen LogP contribution >= 0.6 is 0 Å². The molecule has 1 aromatic rings. The first-order valence-corrected chi connectivity index (χ1v) is 7.48. The second kappa shape index (κ2) is 7.38. The Kier molecular flexibility index (Phi) is 6.15. The molecule has 102 valence electrons. The Balaban J connectivity index is 2.71. The summed E-state index contributed by atoms with van der Waals surface area (Å²) in [6.45, 7) is 6.97. The van der Waals surface area contributed by atoms with E-state index in [1.165, 1.54) is 0 Å². The molecule has 0 aliphatic rings. The Morgan fingerprint density at radius 3 is 2.56 bits per heavy atom. The molecule has 1 unspecified atom stereocenters. The van der Waals surface area contributed by atoms with Crippen LogP contribution in [0.4, 0.5) is 5.69 Å². The second-order valence-electron chi connectivity index (χ2n) is 3.98. The quantitative estimate of drug-likeness (QED) is 0.767. The van der Waals surface area contributed by atoms with E-state index in [1.807, 2.05) is 0 Å². The zero-order chi connectivity index (χ0) is 13.5. The van der Waals surface area contributed by atoms with Gasteiger partial charge in [0.15, 0.2) is 0 Å². The molecule has 1 aromatic carbocycles. The van der Waals surface area contributed by atoms with Crippen LogP contribution in [0.3, 0.4) is 0 Å². The van der Waals surface area contributed by atoms with Gasteiger partial charge in [0, 0.05) is 18.0 Å². The Labute approximate surface area is 112 Å². The summed E-state index contributed by atoms with van der Waals surface area (Å²) in [5.41, 5.74) is 6.42. The molecule has 2 N–H and O–H groups in total. The van der Waals surface area contributed by atoms with E-state index in [4.69, 9.17) is 10.5 Å². The summed E-state index contributed by atoms with van der Waals surface area (Å²) in [4.78, 5) is 2.91. The Morgan fingerprint density at radius 2 is 2.00 bits per heavy atom. The molecule has 0 saturated heterocycles. The van der Waals surface area contributed by atoms with Gasteiger partial charge in [0.2, 0.25) is 0 Å². The average molecular weight is 270 g/mol.